The van der Waals surface area contributed by atoms with Crippen LogP contribution in [0.3, 0.4) is 0 Å². The van der Waals surface area contributed by atoms with E-state index < -0.39 is 0 Å². The number of hydrogen-bond donors (Lipinski definition) is 1. The minimum atomic E-state index is 0.0348. The third-order valence-electron chi connectivity index (χ3n) is 2.87. The van der Waals surface area contributed by atoms with Crippen molar-refractivity contribution in [1.82, 2.24) is 5.32 Å². The minimum Gasteiger partial charge on any atom is -0.352 e. The minimum absolute atomic E-state index is 0.0348. The smallest absolute Gasteiger partial charge is 0.224 e. The summed E-state index contributed by atoms with van der Waals surface area (Å²) in [5.74, 6) is 0.549. The van der Waals surface area contributed by atoms with Crippen LogP contribution in [0.1, 0.15) is 16.7 Å². The molecule has 0 atom stereocenters. The van der Waals surface area contributed by atoms with E-state index in [4.69, 9.17) is 11.6 Å². The molecule has 98 valence electrons. The molecule has 19 heavy (non-hydrogen) atoms. The highest BCUT2D eigenvalue weighted by Gasteiger charge is 2.02. The van der Waals surface area contributed by atoms with Crippen LogP contribution in [-0.2, 0) is 23.6 Å². The molecule has 0 spiro atoms. The van der Waals surface area contributed by atoms with E-state index >= 15 is 0 Å². The largest absolute Gasteiger partial charge is 0.352 e. The molecule has 2 nitrogen and oxygen atoms in total. The maximum Gasteiger partial charge on any atom is 0.224 e. The van der Waals surface area contributed by atoms with Crippen LogP contribution in [0.15, 0.2) is 54.6 Å². The van der Waals surface area contributed by atoms with Crippen LogP contribution in [0.4, 0.5) is 0 Å². The van der Waals surface area contributed by atoms with Crippen molar-refractivity contribution in [3.05, 3.63) is 71.3 Å². The van der Waals surface area contributed by atoms with Crippen molar-refractivity contribution >= 4 is 17.5 Å². The summed E-state index contributed by atoms with van der Waals surface area (Å²) >= 11 is 5.73. The topological polar surface area (TPSA) is 29.1 Å². The van der Waals surface area contributed by atoms with Gasteiger partial charge in [0.2, 0.25) is 5.91 Å². The Morgan fingerprint density at radius 3 is 2.16 bits per heavy atom. The van der Waals surface area contributed by atoms with Gasteiger partial charge in [0, 0.05) is 12.4 Å². The van der Waals surface area contributed by atoms with Crippen LogP contribution < -0.4 is 5.32 Å². The molecule has 0 saturated carbocycles. The molecule has 2 aromatic rings. The van der Waals surface area contributed by atoms with Gasteiger partial charge in [0.05, 0.1) is 6.42 Å². The normalized spacial score (nSPS) is 10.2. The predicted molar refractivity (Wildman–Crippen MR) is 78.0 cm³/mol. The van der Waals surface area contributed by atoms with Gasteiger partial charge >= 0.3 is 0 Å². The van der Waals surface area contributed by atoms with E-state index in [-0.39, 0.29) is 5.91 Å². The van der Waals surface area contributed by atoms with E-state index in [2.05, 4.69) is 5.32 Å². The Morgan fingerprint density at radius 1 is 0.895 bits per heavy atom. The molecule has 0 radical (unpaired) electrons. The molecule has 0 bridgehead atoms. The molecule has 0 aromatic heterocycles. The summed E-state index contributed by atoms with van der Waals surface area (Å²) in [6, 6.07) is 17.7. The van der Waals surface area contributed by atoms with E-state index in [0.29, 0.717) is 18.8 Å². The maximum absolute atomic E-state index is 11.8. The Labute approximate surface area is 118 Å². The number of amides is 1. The number of carbonyl (C=O) groups excluding carboxylic acids is 1. The fourth-order valence-corrected chi connectivity index (χ4v) is 1.97. The zero-order valence-corrected chi connectivity index (χ0v) is 11.4. The van der Waals surface area contributed by atoms with Crippen molar-refractivity contribution in [2.24, 2.45) is 0 Å². The molecule has 0 heterocycles. The lowest BCUT2D eigenvalue weighted by Gasteiger charge is -2.06. The highest BCUT2D eigenvalue weighted by atomic mass is 35.5. The van der Waals surface area contributed by atoms with Gasteiger partial charge in [-0.15, -0.1) is 11.6 Å². The molecule has 0 aliphatic rings. The van der Waals surface area contributed by atoms with Crippen LogP contribution in [-0.4, -0.2) is 5.91 Å². The van der Waals surface area contributed by atoms with Gasteiger partial charge < -0.3 is 5.32 Å². The van der Waals surface area contributed by atoms with Crippen molar-refractivity contribution in [3.63, 3.8) is 0 Å². The Bertz CT molecular complexity index is 522. The molecule has 0 saturated heterocycles. The standard InChI is InChI=1S/C16H16ClNO/c17-11-14-6-8-15(9-7-14)12-18-16(19)10-13-4-2-1-3-5-13/h1-9H,10-12H2,(H,18,19). The molecule has 2 rings (SSSR count). The molecule has 0 aliphatic heterocycles. The van der Waals surface area contributed by atoms with E-state index in [9.17, 15) is 4.79 Å². The van der Waals surface area contributed by atoms with Crippen molar-refractivity contribution in [2.75, 3.05) is 0 Å². The van der Waals surface area contributed by atoms with Crippen LogP contribution >= 0.6 is 11.6 Å². The van der Waals surface area contributed by atoms with E-state index in [1.807, 2.05) is 54.6 Å². The summed E-state index contributed by atoms with van der Waals surface area (Å²) in [6.45, 7) is 0.550. The molecule has 3 heteroatoms. The maximum atomic E-state index is 11.8. The fourth-order valence-electron chi connectivity index (χ4n) is 1.79. The third-order valence-corrected chi connectivity index (χ3v) is 3.18. The molecular weight excluding hydrogens is 258 g/mol. The molecule has 2 aromatic carbocycles. The van der Waals surface area contributed by atoms with Gasteiger partial charge in [-0.2, -0.15) is 0 Å². The summed E-state index contributed by atoms with van der Waals surface area (Å²) in [7, 11) is 0. The number of nitrogens with one attached hydrogen (secondary N) is 1. The molecule has 0 fully saturated rings. The highest BCUT2D eigenvalue weighted by Crippen LogP contribution is 2.07. The lowest BCUT2D eigenvalue weighted by molar-refractivity contribution is -0.120. The van der Waals surface area contributed by atoms with Crippen LogP contribution in [0.25, 0.3) is 0 Å². The van der Waals surface area contributed by atoms with Crippen LogP contribution in [0, 0.1) is 0 Å². The van der Waals surface area contributed by atoms with E-state index in [0.717, 1.165) is 16.7 Å². The number of alkyl halides is 1. The Hall–Kier alpha value is -1.80. The number of carbonyl (C=O) groups is 1. The third kappa shape index (κ3) is 4.42. The van der Waals surface area contributed by atoms with E-state index in [1.54, 1.807) is 0 Å². The summed E-state index contributed by atoms with van der Waals surface area (Å²) in [6.07, 6.45) is 0.417. The van der Waals surface area contributed by atoms with Gasteiger partial charge in [0.1, 0.15) is 0 Å². The summed E-state index contributed by atoms with van der Waals surface area (Å²) < 4.78 is 0. The number of benzene rings is 2. The molecule has 0 aliphatic carbocycles. The first-order valence-corrected chi connectivity index (χ1v) is 6.76. The second-order valence-corrected chi connectivity index (χ2v) is 4.66. The Kier molecular flexibility index (Phi) is 4.99. The molecular formula is C16H16ClNO. The first kappa shape index (κ1) is 13.6. The quantitative estimate of drug-likeness (QED) is 0.832. The van der Waals surface area contributed by atoms with Crippen LogP contribution in [0.2, 0.25) is 0 Å². The lowest BCUT2D eigenvalue weighted by atomic mass is 10.1. The summed E-state index contributed by atoms with van der Waals surface area (Å²) in [5.41, 5.74) is 3.19. The summed E-state index contributed by atoms with van der Waals surface area (Å²) in [5, 5.41) is 2.91. The molecule has 1 amide bonds. The monoisotopic (exact) mass is 273 g/mol. The van der Waals surface area contributed by atoms with Crippen LogP contribution in [0.5, 0.6) is 0 Å². The zero-order chi connectivity index (χ0) is 13.5. The average molecular weight is 274 g/mol. The van der Waals surface area contributed by atoms with Gasteiger partial charge in [0.15, 0.2) is 0 Å². The second kappa shape index (κ2) is 6.95. The average Bonchev–Trinajstić information content (AvgIpc) is 2.47. The zero-order valence-electron chi connectivity index (χ0n) is 10.6. The predicted octanol–water partition coefficient (Wildman–Crippen LogP) is 3.28. The van der Waals surface area contributed by atoms with Gasteiger partial charge in [-0.3, -0.25) is 4.79 Å². The van der Waals surface area contributed by atoms with Crippen molar-refractivity contribution in [1.29, 1.82) is 0 Å². The first-order chi connectivity index (χ1) is 9.28. The first-order valence-electron chi connectivity index (χ1n) is 6.22. The van der Waals surface area contributed by atoms with Gasteiger partial charge in [-0.1, -0.05) is 54.6 Å². The van der Waals surface area contributed by atoms with Gasteiger partial charge in [0.25, 0.3) is 0 Å². The number of rotatable bonds is 5. The molecule has 1 N–H and O–H groups in total. The van der Waals surface area contributed by atoms with Gasteiger partial charge in [-0.25, -0.2) is 0 Å². The number of hydrogen-bond acceptors (Lipinski definition) is 1. The fraction of sp³-hybridized carbons (Fsp3) is 0.188. The Morgan fingerprint density at radius 2 is 1.53 bits per heavy atom. The SMILES string of the molecule is O=C(Cc1ccccc1)NCc1ccc(CCl)cc1. The van der Waals surface area contributed by atoms with Crippen molar-refractivity contribution in [2.45, 2.75) is 18.8 Å². The summed E-state index contributed by atoms with van der Waals surface area (Å²) in [4.78, 5) is 11.8. The molecule has 0 unspecified atom stereocenters. The van der Waals surface area contributed by atoms with E-state index in [1.165, 1.54) is 0 Å². The number of halogens is 1. The lowest BCUT2D eigenvalue weighted by Crippen LogP contribution is -2.24. The van der Waals surface area contributed by atoms with Crippen molar-refractivity contribution < 1.29 is 4.79 Å². The highest BCUT2D eigenvalue weighted by molar-refractivity contribution is 6.17. The Balaban J connectivity index is 1.83. The van der Waals surface area contributed by atoms with Crippen molar-refractivity contribution in [3.8, 4) is 0 Å². The second-order valence-electron chi connectivity index (χ2n) is 4.39. The van der Waals surface area contributed by atoms with Gasteiger partial charge in [-0.05, 0) is 16.7 Å².